The molecule has 0 atom stereocenters. The highest BCUT2D eigenvalue weighted by molar-refractivity contribution is 9.10. The molecule has 106 valence electrons. The second-order valence-corrected chi connectivity index (χ2v) is 6.62. The summed E-state index contributed by atoms with van der Waals surface area (Å²) in [5, 5.41) is -0.0722. The molecule has 2 heterocycles. The zero-order valence-corrected chi connectivity index (χ0v) is 13.1. The van der Waals surface area contributed by atoms with Crippen LogP contribution >= 0.6 is 15.9 Å². The SMILES string of the molecule is Cc1cc(NS(=O)(=O)c2ccc(CN)cn2)ncc1Br. The van der Waals surface area contributed by atoms with E-state index >= 15 is 0 Å². The van der Waals surface area contributed by atoms with Gasteiger partial charge in [-0.15, -0.1) is 0 Å². The molecule has 20 heavy (non-hydrogen) atoms. The van der Waals surface area contributed by atoms with Crippen LogP contribution in [-0.2, 0) is 16.6 Å². The average Bonchev–Trinajstić information content (AvgIpc) is 2.43. The zero-order valence-electron chi connectivity index (χ0n) is 10.7. The van der Waals surface area contributed by atoms with Crippen LogP contribution in [0, 0.1) is 6.92 Å². The predicted octanol–water partition coefficient (Wildman–Crippen LogP) is 1.81. The summed E-state index contributed by atoms with van der Waals surface area (Å²) in [5.74, 6) is 0.246. The second-order valence-electron chi connectivity index (χ2n) is 4.13. The molecule has 0 aliphatic carbocycles. The van der Waals surface area contributed by atoms with E-state index in [0.717, 1.165) is 15.6 Å². The summed E-state index contributed by atoms with van der Waals surface area (Å²) in [6.45, 7) is 2.16. The molecular weight excluding hydrogens is 344 g/mol. The van der Waals surface area contributed by atoms with Crippen molar-refractivity contribution in [2.45, 2.75) is 18.5 Å². The maximum absolute atomic E-state index is 12.1. The van der Waals surface area contributed by atoms with Gasteiger partial charge < -0.3 is 5.73 Å². The van der Waals surface area contributed by atoms with Crippen LogP contribution in [0.1, 0.15) is 11.1 Å². The van der Waals surface area contributed by atoms with Crippen molar-refractivity contribution in [3.8, 4) is 0 Å². The van der Waals surface area contributed by atoms with Crippen LogP contribution in [0.3, 0.4) is 0 Å². The van der Waals surface area contributed by atoms with E-state index in [-0.39, 0.29) is 10.8 Å². The molecule has 0 aliphatic rings. The Balaban J connectivity index is 2.27. The van der Waals surface area contributed by atoms with E-state index in [0.29, 0.717) is 6.54 Å². The van der Waals surface area contributed by atoms with E-state index < -0.39 is 10.0 Å². The molecule has 0 aliphatic heterocycles. The number of nitrogens with two attached hydrogens (primary N) is 1. The molecule has 0 amide bonds. The number of aryl methyl sites for hydroxylation is 1. The van der Waals surface area contributed by atoms with Crippen LogP contribution in [0.25, 0.3) is 0 Å². The lowest BCUT2D eigenvalue weighted by Gasteiger charge is -2.08. The van der Waals surface area contributed by atoms with Gasteiger partial charge in [0, 0.05) is 23.4 Å². The van der Waals surface area contributed by atoms with E-state index in [1.807, 2.05) is 6.92 Å². The summed E-state index contributed by atoms with van der Waals surface area (Å²) in [6, 6.07) is 4.67. The molecule has 0 bridgehead atoms. The van der Waals surface area contributed by atoms with Crippen molar-refractivity contribution in [1.29, 1.82) is 0 Å². The van der Waals surface area contributed by atoms with Crippen LogP contribution in [0.4, 0.5) is 5.82 Å². The van der Waals surface area contributed by atoms with E-state index in [1.165, 1.54) is 18.5 Å². The summed E-state index contributed by atoms with van der Waals surface area (Å²) in [7, 11) is -3.75. The van der Waals surface area contributed by atoms with Crippen molar-refractivity contribution in [3.63, 3.8) is 0 Å². The Morgan fingerprint density at radius 3 is 2.60 bits per heavy atom. The van der Waals surface area contributed by atoms with Gasteiger partial charge in [0.2, 0.25) is 0 Å². The molecule has 2 aromatic rings. The van der Waals surface area contributed by atoms with Gasteiger partial charge in [-0.05, 0) is 46.1 Å². The van der Waals surface area contributed by atoms with Gasteiger partial charge in [-0.1, -0.05) is 6.07 Å². The van der Waals surface area contributed by atoms with Gasteiger partial charge in [0.1, 0.15) is 5.82 Å². The van der Waals surface area contributed by atoms with Crippen molar-refractivity contribution in [1.82, 2.24) is 9.97 Å². The third kappa shape index (κ3) is 3.33. The predicted molar refractivity (Wildman–Crippen MR) is 79.6 cm³/mol. The third-order valence-electron chi connectivity index (χ3n) is 2.59. The zero-order chi connectivity index (χ0) is 14.8. The highest BCUT2D eigenvalue weighted by Gasteiger charge is 2.16. The first-order valence-corrected chi connectivity index (χ1v) is 8.00. The van der Waals surface area contributed by atoms with Gasteiger partial charge in [-0.3, -0.25) is 4.72 Å². The fourth-order valence-corrected chi connectivity index (χ4v) is 2.62. The Morgan fingerprint density at radius 2 is 2.05 bits per heavy atom. The molecule has 0 radical (unpaired) electrons. The lowest BCUT2D eigenvalue weighted by Crippen LogP contribution is -2.15. The lowest BCUT2D eigenvalue weighted by atomic mass is 10.3. The number of rotatable bonds is 4. The van der Waals surface area contributed by atoms with Gasteiger partial charge in [0.15, 0.2) is 5.03 Å². The monoisotopic (exact) mass is 356 g/mol. The summed E-state index contributed by atoms with van der Waals surface area (Å²) in [4.78, 5) is 7.89. The Morgan fingerprint density at radius 1 is 1.30 bits per heavy atom. The fraction of sp³-hybridized carbons (Fsp3) is 0.167. The summed E-state index contributed by atoms with van der Waals surface area (Å²) in [6.07, 6.45) is 2.98. The highest BCUT2D eigenvalue weighted by Crippen LogP contribution is 2.19. The molecule has 0 spiro atoms. The molecule has 2 rings (SSSR count). The number of hydrogen-bond donors (Lipinski definition) is 2. The number of sulfonamides is 1. The van der Waals surface area contributed by atoms with Crippen molar-refractivity contribution < 1.29 is 8.42 Å². The average molecular weight is 357 g/mol. The van der Waals surface area contributed by atoms with Crippen LogP contribution in [0.5, 0.6) is 0 Å². The van der Waals surface area contributed by atoms with Gasteiger partial charge in [0.25, 0.3) is 10.0 Å². The smallest absolute Gasteiger partial charge is 0.280 e. The number of anilines is 1. The number of nitrogens with one attached hydrogen (secondary N) is 1. The van der Waals surface area contributed by atoms with Crippen LogP contribution in [0.2, 0.25) is 0 Å². The van der Waals surface area contributed by atoms with Crippen molar-refractivity contribution >= 4 is 31.8 Å². The van der Waals surface area contributed by atoms with E-state index in [1.54, 1.807) is 12.1 Å². The minimum Gasteiger partial charge on any atom is -0.326 e. The summed E-state index contributed by atoms with van der Waals surface area (Å²) >= 11 is 3.31. The van der Waals surface area contributed by atoms with Crippen molar-refractivity contribution in [2.75, 3.05) is 4.72 Å². The van der Waals surface area contributed by atoms with Crippen molar-refractivity contribution in [3.05, 3.63) is 46.2 Å². The maximum atomic E-state index is 12.1. The molecule has 0 saturated carbocycles. The number of aromatic nitrogens is 2. The summed E-state index contributed by atoms with van der Waals surface area (Å²) in [5.41, 5.74) is 7.09. The molecule has 0 fully saturated rings. The molecule has 2 aromatic heterocycles. The molecule has 8 heteroatoms. The molecule has 0 saturated heterocycles. The van der Waals surface area contributed by atoms with E-state index in [4.69, 9.17) is 5.73 Å². The third-order valence-corrected chi connectivity index (χ3v) is 4.69. The lowest BCUT2D eigenvalue weighted by molar-refractivity contribution is 0.597. The quantitative estimate of drug-likeness (QED) is 0.870. The number of pyridine rings is 2. The first-order valence-electron chi connectivity index (χ1n) is 5.72. The van der Waals surface area contributed by atoms with Gasteiger partial charge in [-0.2, -0.15) is 8.42 Å². The van der Waals surface area contributed by atoms with Crippen LogP contribution < -0.4 is 10.5 Å². The Kier molecular flexibility index (Phi) is 4.36. The maximum Gasteiger partial charge on any atom is 0.280 e. The largest absolute Gasteiger partial charge is 0.326 e. The van der Waals surface area contributed by atoms with Gasteiger partial charge in [-0.25, -0.2) is 9.97 Å². The molecule has 3 N–H and O–H groups in total. The standard InChI is InChI=1S/C12H13BrN4O2S/c1-8-4-11(15-7-10(8)13)17-20(18,19)12-3-2-9(5-14)6-16-12/h2-4,6-7H,5,14H2,1H3,(H,15,17). The highest BCUT2D eigenvalue weighted by atomic mass is 79.9. The first-order chi connectivity index (χ1) is 9.42. The number of nitrogens with zero attached hydrogens (tertiary/aromatic N) is 2. The Labute approximate surface area is 125 Å². The number of hydrogen-bond acceptors (Lipinski definition) is 5. The molecular formula is C12H13BrN4O2S. The Hall–Kier alpha value is -1.51. The minimum atomic E-state index is -3.75. The van der Waals surface area contributed by atoms with Crippen LogP contribution in [-0.4, -0.2) is 18.4 Å². The van der Waals surface area contributed by atoms with E-state index in [2.05, 4.69) is 30.6 Å². The second kappa shape index (κ2) is 5.86. The fourth-order valence-electron chi connectivity index (χ4n) is 1.48. The summed E-state index contributed by atoms with van der Waals surface area (Å²) < 4.78 is 27.5. The van der Waals surface area contributed by atoms with E-state index in [9.17, 15) is 8.42 Å². The van der Waals surface area contributed by atoms with Crippen LogP contribution in [0.15, 0.2) is 40.1 Å². The van der Waals surface area contributed by atoms with Gasteiger partial charge in [0.05, 0.1) is 0 Å². The van der Waals surface area contributed by atoms with Crippen molar-refractivity contribution in [2.24, 2.45) is 5.73 Å². The molecule has 0 unspecified atom stereocenters. The topological polar surface area (TPSA) is 98.0 Å². The Bertz CT molecular complexity index is 717. The molecule has 6 nitrogen and oxygen atoms in total. The van der Waals surface area contributed by atoms with Gasteiger partial charge >= 0.3 is 0 Å². The minimum absolute atomic E-state index is 0.0722. The normalized spacial score (nSPS) is 11.3. The molecule has 0 aromatic carbocycles. The first kappa shape index (κ1) is 14.9. The number of halogens is 1.